The molecule has 0 saturated heterocycles. The molecule has 0 aliphatic heterocycles. The van der Waals surface area contributed by atoms with Gasteiger partial charge in [-0.1, -0.05) is 26.7 Å². The number of ether oxygens (including phenoxy) is 4. The van der Waals surface area contributed by atoms with Gasteiger partial charge in [0.2, 0.25) is 0 Å². The normalized spacial score (nSPS) is 15.4. The summed E-state index contributed by atoms with van der Waals surface area (Å²) >= 11 is 0. The van der Waals surface area contributed by atoms with Gasteiger partial charge in [0.1, 0.15) is 18.3 Å². The van der Waals surface area contributed by atoms with Crippen LogP contribution >= 0.6 is 0 Å². The van der Waals surface area contributed by atoms with Crippen LogP contribution in [0, 0.1) is 0 Å². The van der Waals surface area contributed by atoms with Gasteiger partial charge in [0, 0.05) is 13.2 Å². The molecule has 0 radical (unpaired) electrons. The minimum atomic E-state index is -0.834. The van der Waals surface area contributed by atoms with Gasteiger partial charge in [0.15, 0.2) is 0 Å². The average Bonchev–Trinajstić information content (AvgIpc) is 2.60. The first-order valence-electron chi connectivity index (χ1n) is 8.96. The van der Waals surface area contributed by atoms with Gasteiger partial charge in [-0.25, -0.2) is 0 Å². The highest BCUT2D eigenvalue weighted by Crippen LogP contribution is 2.00. The summed E-state index contributed by atoms with van der Waals surface area (Å²) in [6, 6.07) is 0. The maximum atomic E-state index is 9.86. The van der Waals surface area contributed by atoms with Crippen LogP contribution in [0.4, 0.5) is 0 Å². The largest absolute Gasteiger partial charge is 0.394 e. The summed E-state index contributed by atoms with van der Waals surface area (Å²) in [5.41, 5.74) is 0. The third-order valence-electron chi connectivity index (χ3n) is 3.35. The van der Waals surface area contributed by atoms with Crippen molar-refractivity contribution in [3.8, 4) is 0 Å². The summed E-state index contributed by atoms with van der Waals surface area (Å²) in [5, 5.41) is 28.3. The number of unbranched alkanes of at least 4 members (excludes halogenated alkanes) is 2. The van der Waals surface area contributed by atoms with Crippen molar-refractivity contribution < 1.29 is 34.3 Å². The summed E-state index contributed by atoms with van der Waals surface area (Å²) < 4.78 is 21.6. The summed E-state index contributed by atoms with van der Waals surface area (Å²) in [4.78, 5) is 0. The van der Waals surface area contributed by atoms with Crippen molar-refractivity contribution in [3.63, 3.8) is 0 Å². The van der Waals surface area contributed by atoms with Crippen LogP contribution in [0.2, 0.25) is 0 Å². The molecule has 0 heterocycles. The molecule has 0 aliphatic carbocycles. The number of aliphatic hydroxyl groups excluding tert-OH is 3. The maximum absolute atomic E-state index is 9.86. The molecule has 0 aromatic rings. The van der Waals surface area contributed by atoms with Crippen molar-refractivity contribution in [2.24, 2.45) is 0 Å². The van der Waals surface area contributed by atoms with E-state index in [1.165, 1.54) is 0 Å². The summed E-state index contributed by atoms with van der Waals surface area (Å²) in [5.74, 6) is 0. The first-order chi connectivity index (χ1) is 11.7. The first-order valence-corrected chi connectivity index (χ1v) is 8.96. The third kappa shape index (κ3) is 14.1. The number of aliphatic hydroxyl groups is 3. The van der Waals surface area contributed by atoms with Crippen molar-refractivity contribution in [2.75, 3.05) is 52.9 Å². The van der Waals surface area contributed by atoms with Crippen molar-refractivity contribution >= 4 is 0 Å². The lowest BCUT2D eigenvalue weighted by Gasteiger charge is -2.20. The fraction of sp³-hybridized carbons (Fsp3) is 1.00. The fourth-order valence-electron chi connectivity index (χ4n) is 1.77. The Hall–Kier alpha value is -0.280. The zero-order valence-electron chi connectivity index (χ0n) is 15.2. The highest BCUT2D eigenvalue weighted by molar-refractivity contribution is 4.61. The quantitative estimate of drug-likeness (QED) is 0.313. The molecule has 2 unspecified atom stereocenters. The molecule has 7 heteroatoms. The first kappa shape index (κ1) is 23.7. The average molecular weight is 352 g/mol. The lowest BCUT2D eigenvalue weighted by molar-refractivity contribution is -0.105. The Morgan fingerprint density at radius 2 is 1.12 bits per heavy atom. The maximum Gasteiger partial charge on any atom is 0.104 e. The molecule has 0 aromatic heterocycles. The number of hydrogen-bond acceptors (Lipinski definition) is 7. The Balaban J connectivity index is 3.78. The second kappa shape index (κ2) is 17.5. The lowest BCUT2D eigenvalue weighted by Crippen LogP contribution is -2.33. The monoisotopic (exact) mass is 352 g/mol. The highest BCUT2D eigenvalue weighted by atomic mass is 16.6. The highest BCUT2D eigenvalue weighted by Gasteiger charge is 2.15. The molecule has 0 spiro atoms. The zero-order valence-corrected chi connectivity index (χ0v) is 15.2. The van der Waals surface area contributed by atoms with Gasteiger partial charge in [0.05, 0.1) is 39.6 Å². The second-order valence-electron chi connectivity index (χ2n) is 5.79. The molecule has 7 nitrogen and oxygen atoms in total. The van der Waals surface area contributed by atoms with E-state index in [-0.39, 0.29) is 26.4 Å². The summed E-state index contributed by atoms with van der Waals surface area (Å²) in [6.07, 6.45) is 2.29. The van der Waals surface area contributed by atoms with Crippen LogP contribution in [0.1, 0.15) is 39.5 Å². The second-order valence-corrected chi connectivity index (χ2v) is 5.79. The van der Waals surface area contributed by atoms with Crippen molar-refractivity contribution in [1.29, 1.82) is 0 Å². The van der Waals surface area contributed by atoms with Crippen molar-refractivity contribution in [3.05, 3.63) is 0 Å². The Labute approximate surface area is 145 Å². The van der Waals surface area contributed by atoms with E-state index in [2.05, 4.69) is 13.8 Å². The Morgan fingerprint density at radius 1 is 0.708 bits per heavy atom. The molecule has 0 aromatic carbocycles. The Morgan fingerprint density at radius 3 is 1.46 bits per heavy atom. The van der Waals surface area contributed by atoms with Gasteiger partial charge in [0.25, 0.3) is 0 Å². The topological polar surface area (TPSA) is 97.6 Å². The summed E-state index contributed by atoms with van der Waals surface area (Å²) in [7, 11) is 0. The Kier molecular flexibility index (Phi) is 17.3. The minimum absolute atomic E-state index is 0.0389. The zero-order chi connectivity index (χ0) is 18.0. The van der Waals surface area contributed by atoms with E-state index in [9.17, 15) is 15.3 Å². The van der Waals surface area contributed by atoms with Crippen LogP contribution in [0.25, 0.3) is 0 Å². The molecule has 3 N–H and O–H groups in total. The van der Waals surface area contributed by atoms with Gasteiger partial charge >= 0.3 is 0 Å². The molecule has 0 bridgehead atoms. The Bertz CT molecular complexity index is 229. The summed E-state index contributed by atoms with van der Waals surface area (Å²) in [6.45, 7) is 5.78. The number of hydrogen-bond donors (Lipinski definition) is 3. The standard InChI is InChI=1S/C17H36O7/c1-3-5-7-21-13-16(9-18)23-11-15(20)12-24-17(10-19)14-22-8-6-4-2/h15-20H,3-14H2,1-2H3. The number of rotatable bonds is 18. The van der Waals surface area contributed by atoms with E-state index in [1.807, 2.05) is 0 Å². The molecule has 0 fully saturated rings. The van der Waals surface area contributed by atoms with Crippen molar-refractivity contribution in [2.45, 2.75) is 57.8 Å². The molecular formula is C17H36O7. The van der Waals surface area contributed by atoms with Gasteiger partial charge in [-0.05, 0) is 12.8 Å². The van der Waals surface area contributed by atoms with E-state index >= 15 is 0 Å². The van der Waals surface area contributed by atoms with E-state index in [0.29, 0.717) is 26.4 Å². The molecule has 0 saturated carbocycles. The van der Waals surface area contributed by atoms with Gasteiger partial charge in [-0.15, -0.1) is 0 Å². The molecule has 0 rings (SSSR count). The lowest BCUT2D eigenvalue weighted by atomic mass is 10.3. The fourth-order valence-corrected chi connectivity index (χ4v) is 1.77. The van der Waals surface area contributed by atoms with E-state index < -0.39 is 18.3 Å². The molecular weight excluding hydrogens is 316 g/mol. The van der Waals surface area contributed by atoms with Crippen LogP contribution in [0.15, 0.2) is 0 Å². The van der Waals surface area contributed by atoms with E-state index in [1.54, 1.807) is 0 Å². The molecule has 0 amide bonds. The van der Waals surface area contributed by atoms with Crippen LogP contribution < -0.4 is 0 Å². The minimum Gasteiger partial charge on any atom is -0.394 e. The van der Waals surface area contributed by atoms with Crippen molar-refractivity contribution in [1.82, 2.24) is 0 Å². The van der Waals surface area contributed by atoms with Crippen LogP contribution in [0.3, 0.4) is 0 Å². The van der Waals surface area contributed by atoms with Gasteiger partial charge in [-0.3, -0.25) is 0 Å². The third-order valence-corrected chi connectivity index (χ3v) is 3.35. The molecule has 146 valence electrons. The van der Waals surface area contributed by atoms with Crippen LogP contribution in [-0.2, 0) is 18.9 Å². The van der Waals surface area contributed by atoms with Crippen LogP contribution in [0.5, 0.6) is 0 Å². The van der Waals surface area contributed by atoms with Crippen LogP contribution in [-0.4, -0.2) is 86.5 Å². The molecule has 0 aliphatic rings. The smallest absolute Gasteiger partial charge is 0.104 e. The molecule has 2 atom stereocenters. The predicted octanol–water partition coefficient (Wildman–Crippen LogP) is 0.736. The van der Waals surface area contributed by atoms with E-state index in [4.69, 9.17) is 18.9 Å². The van der Waals surface area contributed by atoms with E-state index in [0.717, 1.165) is 25.7 Å². The van der Waals surface area contributed by atoms with Gasteiger partial charge in [-0.2, -0.15) is 0 Å². The SMILES string of the molecule is CCCCOCC(CO)OCC(O)COC(CO)COCCCC. The molecule has 24 heavy (non-hydrogen) atoms. The van der Waals surface area contributed by atoms with Gasteiger partial charge < -0.3 is 34.3 Å². The predicted molar refractivity (Wildman–Crippen MR) is 91.1 cm³/mol.